The van der Waals surface area contributed by atoms with E-state index in [1.54, 1.807) is 0 Å². The van der Waals surface area contributed by atoms with Crippen molar-refractivity contribution in [3.63, 3.8) is 0 Å². The summed E-state index contributed by atoms with van der Waals surface area (Å²) in [5, 5.41) is 3.69. The van der Waals surface area contributed by atoms with Crippen LogP contribution in [0.5, 0.6) is 0 Å². The number of thioether (sulfide) groups is 1. The Kier molecular flexibility index (Phi) is 9.02. The number of hydrogen-bond donors (Lipinski definition) is 1. The molecule has 2 heteroatoms. The van der Waals surface area contributed by atoms with Gasteiger partial charge in [-0.05, 0) is 42.8 Å². The second-order valence-corrected chi connectivity index (χ2v) is 6.34. The summed E-state index contributed by atoms with van der Waals surface area (Å²) in [4.78, 5) is 1.38. The summed E-state index contributed by atoms with van der Waals surface area (Å²) in [7, 11) is 0. The molecule has 0 amide bonds. The lowest BCUT2D eigenvalue weighted by Gasteiger charge is -2.19. The first-order chi connectivity index (χ1) is 9.31. The average molecular weight is 279 g/mol. The first-order valence-corrected chi connectivity index (χ1v) is 8.76. The predicted molar refractivity (Wildman–Crippen MR) is 88.0 cm³/mol. The molecule has 108 valence electrons. The average Bonchev–Trinajstić information content (AvgIpc) is 2.44. The molecule has 1 N–H and O–H groups in total. The number of benzene rings is 1. The molecule has 0 spiro atoms. The van der Waals surface area contributed by atoms with Gasteiger partial charge in [0.25, 0.3) is 0 Å². The lowest BCUT2D eigenvalue weighted by atomic mass is 10.0. The van der Waals surface area contributed by atoms with E-state index in [4.69, 9.17) is 0 Å². The van der Waals surface area contributed by atoms with Gasteiger partial charge in [-0.3, -0.25) is 0 Å². The van der Waals surface area contributed by atoms with Crippen LogP contribution in [-0.2, 0) is 0 Å². The lowest BCUT2D eigenvalue weighted by molar-refractivity contribution is 0.474. The fourth-order valence-corrected chi connectivity index (χ4v) is 2.93. The van der Waals surface area contributed by atoms with Crippen molar-refractivity contribution >= 4 is 11.8 Å². The van der Waals surface area contributed by atoms with Gasteiger partial charge in [-0.15, -0.1) is 11.8 Å². The third kappa shape index (κ3) is 6.49. The van der Waals surface area contributed by atoms with Crippen LogP contribution in [0.4, 0.5) is 0 Å². The minimum Gasteiger partial charge on any atom is -0.310 e. The highest BCUT2D eigenvalue weighted by Crippen LogP contribution is 2.24. The van der Waals surface area contributed by atoms with Crippen LogP contribution in [0.3, 0.4) is 0 Å². The van der Waals surface area contributed by atoms with E-state index in [0.717, 1.165) is 12.3 Å². The molecule has 0 saturated carbocycles. The van der Waals surface area contributed by atoms with Crippen LogP contribution < -0.4 is 5.32 Å². The Balaban J connectivity index is 2.60. The SMILES string of the molecule is CCCCCC(NCCC)c1ccc(SCC)cc1. The molecule has 0 fully saturated rings. The second-order valence-electron chi connectivity index (χ2n) is 5.00. The molecule has 0 bridgehead atoms. The van der Waals surface area contributed by atoms with Gasteiger partial charge in [0.15, 0.2) is 0 Å². The summed E-state index contributed by atoms with van der Waals surface area (Å²) < 4.78 is 0. The van der Waals surface area contributed by atoms with Crippen LogP contribution in [0.15, 0.2) is 29.2 Å². The zero-order valence-electron chi connectivity index (χ0n) is 12.7. The maximum absolute atomic E-state index is 3.69. The highest BCUT2D eigenvalue weighted by atomic mass is 32.2. The van der Waals surface area contributed by atoms with E-state index >= 15 is 0 Å². The van der Waals surface area contributed by atoms with Crippen molar-refractivity contribution in [1.29, 1.82) is 0 Å². The third-order valence-corrected chi connectivity index (χ3v) is 4.22. The zero-order chi connectivity index (χ0) is 13.9. The van der Waals surface area contributed by atoms with E-state index < -0.39 is 0 Å². The number of hydrogen-bond acceptors (Lipinski definition) is 2. The van der Waals surface area contributed by atoms with Crippen molar-refractivity contribution in [2.45, 2.75) is 63.8 Å². The van der Waals surface area contributed by atoms with Gasteiger partial charge in [0.05, 0.1) is 0 Å². The Labute approximate surface area is 123 Å². The van der Waals surface area contributed by atoms with E-state index in [2.05, 4.69) is 50.4 Å². The van der Waals surface area contributed by atoms with Crippen LogP contribution in [-0.4, -0.2) is 12.3 Å². The van der Waals surface area contributed by atoms with Gasteiger partial charge >= 0.3 is 0 Å². The van der Waals surface area contributed by atoms with Crippen LogP contribution in [0.25, 0.3) is 0 Å². The van der Waals surface area contributed by atoms with Crippen molar-refractivity contribution in [3.8, 4) is 0 Å². The molecule has 19 heavy (non-hydrogen) atoms. The van der Waals surface area contributed by atoms with Gasteiger partial charge in [0, 0.05) is 10.9 Å². The van der Waals surface area contributed by atoms with Crippen LogP contribution in [0.2, 0.25) is 0 Å². The Hall–Kier alpha value is -0.470. The zero-order valence-corrected chi connectivity index (χ0v) is 13.6. The van der Waals surface area contributed by atoms with Gasteiger partial charge in [0.2, 0.25) is 0 Å². The van der Waals surface area contributed by atoms with Crippen molar-refractivity contribution in [2.75, 3.05) is 12.3 Å². The van der Waals surface area contributed by atoms with E-state index in [1.165, 1.54) is 42.6 Å². The van der Waals surface area contributed by atoms with Gasteiger partial charge in [0.1, 0.15) is 0 Å². The standard InChI is InChI=1S/C17H29NS/c1-4-7-8-9-17(18-14-5-2)15-10-12-16(13-11-15)19-6-3/h10-13,17-18H,4-9,14H2,1-3H3. The lowest BCUT2D eigenvalue weighted by Crippen LogP contribution is -2.22. The largest absolute Gasteiger partial charge is 0.310 e. The molecule has 0 aliphatic carbocycles. The first kappa shape index (κ1) is 16.6. The molecule has 0 heterocycles. The summed E-state index contributed by atoms with van der Waals surface area (Å²) >= 11 is 1.91. The van der Waals surface area contributed by atoms with Crippen LogP contribution in [0, 0.1) is 0 Å². The van der Waals surface area contributed by atoms with Gasteiger partial charge in [-0.2, -0.15) is 0 Å². The molecule has 1 unspecified atom stereocenters. The Morgan fingerprint density at radius 3 is 2.32 bits per heavy atom. The summed E-state index contributed by atoms with van der Waals surface area (Å²) in [5.41, 5.74) is 1.45. The number of unbranched alkanes of at least 4 members (excludes halogenated alkanes) is 2. The molecule has 0 radical (unpaired) electrons. The minimum atomic E-state index is 0.534. The predicted octanol–water partition coefficient (Wildman–Crippen LogP) is 5.42. The van der Waals surface area contributed by atoms with Crippen molar-refractivity contribution in [3.05, 3.63) is 29.8 Å². The monoisotopic (exact) mass is 279 g/mol. The number of nitrogens with one attached hydrogen (secondary N) is 1. The van der Waals surface area contributed by atoms with Crippen molar-refractivity contribution in [2.24, 2.45) is 0 Å². The molecule has 0 aliphatic heterocycles. The van der Waals surface area contributed by atoms with E-state index in [1.807, 2.05) is 11.8 Å². The molecule has 1 atom stereocenters. The van der Waals surface area contributed by atoms with Crippen molar-refractivity contribution in [1.82, 2.24) is 5.32 Å². The number of rotatable bonds is 10. The summed E-state index contributed by atoms with van der Waals surface area (Å²) in [5.74, 6) is 1.15. The first-order valence-electron chi connectivity index (χ1n) is 7.77. The Morgan fingerprint density at radius 2 is 1.74 bits per heavy atom. The van der Waals surface area contributed by atoms with E-state index in [9.17, 15) is 0 Å². The van der Waals surface area contributed by atoms with Crippen LogP contribution in [0.1, 0.15) is 64.5 Å². The fraction of sp³-hybridized carbons (Fsp3) is 0.647. The quantitative estimate of drug-likeness (QED) is 0.453. The Bertz CT molecular complexity index is 321. The fourth-order valence-electron chi connectivity index (χ4n) is 2.27. The highest BCUT2D eigenvalue weighted by molar-refractivity contribution is 7.99. The molecule has 0 saturated heterocycles. The Morgan fingerprint density at radius 1 is 1.00 bits per heavy atom. The van der Waals surface area contributed by atoms with Gasteiger partial charge in [-0.25, -0.2) is 0 Å². The molecule has 0 aliphatic rings. The summed E-state index contributed by atoms with van der Waals surface area (Å²) in [6.07, 6.45) is 6.42. The molecule has 1 nitrogen and oxygen atoms in total. The van der Waals surface area contributed by atoms with E-state index in [0.29, 0.717) is 6.04 Å². The topological polar surface area (TPSA) is 12.0 Å². The molecular weight excluding hydrogens is 250 g/mol. The van der Waals surface area contributed by atoms with Gasteiger partial charge in [-0.1, -0.05) is 52.2 Å². The smallest absolute Gasteiger partial charge is 0.0320 e. The molecule has 1 rings (SSSR count). The summed E-state index contributed by atoms with van der Waals surface area (Å²) in [6, 6.07) is 9.68. The second kappa shape index (κ2) is 10.3. The highest BCUT2D eigenvalue weighted by Gasteiger charge is 2.10. The third-order valence-electron chi connectivity index (χ3n) is 3.33. The molecule has 1 aromatic rings. The van der Waals surface area contributed by atoms with E-state index in [-0.39, 0.29) is 0 Å². The molecule has 0 aromatic heterocycles. The van der Waals surface area contributed by atoms with Crippen molar-refractivity contribution < 1.29 is 0 Å². The maximum Gasteiger partial charge on any atom is 0.0320 e. The van der Waals surface area contributed by atoms with Crippen LogP contribution >= 0.6 is 11.8 Å². The normalized spacial score (nSPS) is 12.6. The minimum absolute atomic E-state index is 0.534. The maximum atomic E-state index is 3.69. The molecule has 1 aromatic carbocycles. The summed E-state index contributed by atoms with van der Waals surface area (Å²) in [6.45, 7) is 7.82. The van der Waals surface area contributed by atoms with Gasteiger partial charge < -0.3 is 5.32 Å². The molecular formula is C17H29NS.